The van der Waals surface area contributed by atoms with E-state index in [4.69, 9.17) is 0 Å². The minimum absolute atomic E-state index is 0.395. The fraction of sp³-hybridized carbons (Fsp3) is 0.500. The lowest BCUT2D eigenvalue weighted by molar-refractivity contribution is 0.600. The molecule has 1 N–H and O–H groups in total. The Hall–Kier alpha value is -1.42. The van der Waals surface area contributed by atoms with E-state index in [2.05, 4.69) is 34.3 Å². The van der Waals surface area contributed by atoms with Crippen LogP contribution < -0.4 is 5.32 Å². The summed E-state index contributed by atoms with van der Waals surface area (Å²) >= 11 is 1.84. The molecule has 1 saturated carbocycles. The molecule has 0 aliphatic heterocycles. The van der Waals surface area contributed by atoms with Crippen molar-refractivity contribution in [1.29, 1.82) is 0 Å². The standard InChI is InChI=1S/C16H19N3S/c1-10-18-13-3-2-4-14(16(13)20-10)19-15-9-12(7-8-17-15)11-5-6-11/h7-9,11,14H,2-6H2,1H3,(H,17,19). The Morgan fingerprint density at radius 1 is 1.30 bits per heavy atom. The van der Waals surface area contributed by atoms with E-state index in [1.165, 1.54) is 46.8 Å². The SMILES string of the molecule is Cc1nc2c(s1)C(Nc1cc(C3CC3)ccn1)CCC2. The van der Waals surface area contributed by atoms with Crippen LogP contribution in [0, 0.1) is 6.92 Å². The van der Waals surface area contributed by atoms with Gasteiger partial charge in [0.05, 0.1) is 21.6 Å². The third-order valence-electron chi connectivity index (χ3n) is 4.21. The van der Waals surface area contributed by atoms with Crippen molar-refractivity contribution in [3.63, 3.8) is 0 Å². The van der Waals surface area contributed by atoms with Gasteiger partial charge in [-0.05, 0) is 62.6 Å². The van der Waals surface area contributed by atoms with Gasteiger partial charge in [0.25, 0.3) is 0 Å². The zero-order chi connectivity index (χ0) is 13.5. The van der Waals surface area contributed by atoms with Gasteiger partial charge < -0.3 is 5.32 Å². The molecule has 2 aliphatic carbocycles. The van der Waals surface area contributed by atoms with E-state index in [-0.39, 0.29) is 0 Å². The number of rotatable bonds is 3. The lowest BCUT2D eigenvalue weighted by atomic mass is 9.98. The first kappa shape index (κ1) is 12.3. The number of thiazole rings is 1. The molecule has 1 atom stereocenters. The Morgan fingerprint density at radius 2 is 2.20 bits per heavy atom. The van der Waals surface area contributed by atoms with E-state index in [0.29, 0.717) is 6.04 Å². The van der Waals surface area contributed by atoms with Crippen molar-refractivity contribution in [1.82, 2.24) is 9.97 Å². The maximum atomic E-state index is 4.66. The van der Waals surface area contributed by atoms with Gasteiger partial charge in [-0.2, -0.15) is 0 Å². The van der Waals surface area contributed by atoms with Crippen LogP contribution in [0.5, 0.6) is 0 Å². The van der Waals surface area contributed by atoms with Crippen LogP contribution in [0.2, 0.25) is 0 Å². The van der Waals surface area contributed by atoms with E-state index in [1.807, 2.05) is 17.5 Å². The first-order chi connectivity index (χ1) is 9.79. The molecule has 2 aromatic rings. The Labute approximate surface area is 123 Å². The molecule has 0 saturated heterocycles. The maximum absolute atomic E-state index is 4.66. The molecule has 0 radical (unpaired) electrons. The van der Waals surface area contributed by atoms with Crippen LogP contribution in [-0.4, -0.2) is 9.97 Å². The monoisotopic (exact) mass is 285 g/mol. The smallest absolute Gasteiger partial charge is 0.126 e. The van der Waals surface area contributed by atoms with E-state index in [0.717, 1.165) is 18.2 Å². The molecular weight excluding hydrogens is 266 g/mol. The average Bonchev–Trinajstić information content (AvgIpc) is 3.22. The number of aryl methyl sites for hydroxylation is 2. The summed E-state index contributed by atoms with van der Waals surface area (Å²) in [5.41, 5.74) is 2.74. The highest BCUT2D eigenvalue weighted by Gasteiger charge is 2.26. The van der Waals surface area contributed by atoms with Crippen LogP contribution in [0.1, 0.15) is 58.8 Å². The number of pyridine rings is 1. The highest BCUT2D eigenvalue weighted by molar-refractivity contribution is 7.11. The molecule has 0 bridgehead atoms. The number of anilines is 1. The molecule has 20 heavy (non-hydrogen) atoms. The van der Waals surface area contributed by atoms with Crippen molar-refractivity contribution in [3.8, 4) is 0 Å². The average molecular weight is 285 g/mol. The summed E-state index contributed by atoms with van der Waals surface area (Å²) in [5, 5.41) is 4.82. The molecule has 3 nitrogen and oxygen atoms in total. The minimum atomic E-state index is 0.395. The third kappa shape index (κ3) is 2.33. The second-order valence-corrected chi connectivity index (χ2v) is 7.12. The summed E-state index contributed by atoms with van der Waals surface area (Å²) in [4.78, 5) is 10.6. The Bertz CT molecular complexity index is 630. The number of nitrogens with zero attached hydrogens (tertiary/aromatic N) is 2. The van der Waals surface area contributed by atoms with E-state index in [1.54, 1.807) is 0 Å². The predicted molar refractivity (Wildman–Crippen MR) is 82.4 cm³/mol. The van der Waals surface area contributed by atoms with Gasteiger partial charge in [0.1, 0.15) is 5.82 Å². The number of aromatic nitrogens is 2. The topological polar surface area (TPSA) is 37.8 Å². The molecule has 2 aliphatic rings. The summed E-state index contributed by atoms with van der Waals surface area (Å²) in [5.74, 6) is 1.81. The lowest BCUT2D eigenvalue weighted by Gasteiger charge is -2.23. The maximum Gasteiger partial charge on any atom is 0.126 e. The van der Waals surface area contributed by atoms with Gasteiger partial charge in [-0.3, -0.25) is 0 Å². The summed E-state index contributed by atoms with van der Waals surface area (Å²) in [6, 6.07) is 4.79. The molecule has 2 heterocycles. The van der Waals surface area contributed by atoms with E-state index < -0.39 is 0 Å². The molecule has 4 heteroatoms. The van der Waals surface area contributed by atoms with Crippen LogP contribution >= 0.6 is 11.3 Å². The molecule has 0 amide bonds. The quantitative estimate of drug-likeness (QED) is 0.917. The normalized spacial score (nSPS) is 21.6. The Balaban J connectivity index is 1.58. The van der Waals surface area contributed by atoms with Gasteiger partial charge in [-0.1, -0.05) is 0 Å². The summed E-state index contributed by atoms with van der Waals surface area (Å²) in [6.07, 6.45) is 8.15. The second kappa shape index (κ2) is 4.85. The number of nitrogens with one attached hydrogen (secondary N) is 1. The van der Waals surface area contributed by atoms with Crippen LogP contribution in [-0.2, 0) is 6.42 Å². The first-order valence-electron chi connectivity index (χ1n) is 7.48. The number of hydrogen-bond acceptors (Lipinski definition) is 4. The molecular formula is C16H19N3S. The molecule has 0 aromatic carbocycles. The van der Waals surface area contributed by atoms with Gasteiger partial charge >= 0.3 is 0 Å². The largest absolute Gasteiger partial charge is 0.362 e. The van der Waals surface area contributed by atoms with E-state index >= 15 is 0 Å². The van der Waals surface area contributed by atoms with Crippen molar-refractivity contribution in [2.75, 3.05) is 5.32 Å². The van der Waals surface area contributed by atoms with Gasteiger partial charge in [-0.25, -0.2) is 9.97 Å². The summed E-state index contributed by atoms with van der Waals surface area (Å²) in [7, 11) is 0. The second-order valence-electron chi connectivity index (χ2n) is 5.88. The van der Waals surface area contributed by atoms with Crippen molar-refractivity contribution in [2.45, 2.75) is 51.0 Å². The Morgan fingerprint density at radius 3 is 3.05 bits per heavy atom. The summed E-state index contributed by atoms with van der Waals surface area (Å²) < 4.78 is 0. The van der Waals surface area contributed by atoms with E-state index in [9.17, 15) is 0 Å². The Kier molecular flexibility index (Phi) is 2.99. The van der Waals surface area contributed by atoms with Gasteiger partial charge in [-0.15, -0.1) is 11.3 Å². The van der Waals surface area contributed by atoms with Crippen molar-refractivity contribution in [3.05, 3.63) is 39.5 Å². The van der Waals surface area contributed by atoms with Crippen LogP contribution in [0.4, 0.5) is 5.82 Å². The number of fused-ring (bicyclic) bond motifs is 1. The highest BCUT2D eigenvalue weighted by atomic mass is 32.1. The molecule has 1 fully saturated rings. The molecule has 1 unspecified atom stereocenters. The van der Waals surface area contributed by atoms with Crippen LogP contribution in [0.15, 0.2) is 18.3 Å². The summed E-state index contributed by atoms with van der Waals surface area (Å²) in [6.45, 7) is 2.10. The predicted octanol–water partition coefficient (Wildman–Crippen LogP) is 4.21. The van der Waals surface area contributed by atoms with Crippen molar-refractivity contribution >= 4 is 17.2 Å². The van der Waals surface area contributed by atoms with Crippen molar-refractivity contribution in [2.24, 2.45) is 0 Å². The fourth-order valence-corrected chi connectivity index (χ4v) is 4.11. The highest BCUT2D eigenvalue weighted by Crippen LogP contribution is 2.41. The molecule has 4 rings (SSSR count). The van der Waals surface area contributed by atoms with Gasteiger partial charge in [0.2, 0.25) is 0 Å². The van der Waals surface area contributed by atoms with Crippen LogP contribution in [0.25, 0.3) is 0 Å². The number of hydrogen-bond donors (Lipinski definition) is 1. The van der Waals surface area contributed by atoms with Gasteiger partial charge in [0.15, 0.2) is 0 Å². The zero-order valence-corrected chi connectivity index (χ0v) is 12.5. The molecule has 2 aromatic heterocycles. The minimum Gasteiger partial charge on any atom is -0.362 e. The molecule has 0 spiro atoms. The van der Waals surface area contributed by atoms with Gasteiger partial charge in [0, 0.05) is 6.20 Å². The first-order valence-corrected chi connectivity index (χ1v) is 8.30. The third-order valence-corrected chi connectivity index (χ3v) is 5.34. The molecule has 104 valence electrons. The van der Waals surface area contributed by atoms with Crippen LogP contribution in [0.3, 0.4) is 0 Å². The zero-order valence-electron chi connectivity index (χ0n) is 11.7. The van der Waals surface area contributed by atoms with Crippen molar-refractivity contribution < 1.29 is 0 Å². The fourth-order valence-electron chi connectivity index (χ4n) is 3.05. The lowest BCUT2D eigenvalue weighted by Crippen LogP contribution is -2.16.